The molecule has 0 spiro atoms. The van der Waals surface area contributed by atoms with E-state index in [2.05, 4.69) is 20.5 Å². The standard InChI is InChI=1S/C19H28F3N7.HI/c1-3-23-18(28-13-11-27(12-14-28)15(2)19(20,21)22)24-9-6-8-17-26-25-16-7-4-5-10-29(16)17;/h4-5,7,10,15H,3,6,8-9,11-14H2,1-2H3,(H,23,24);1H. The van der Waals surface area contributed by atoms with Crippen molar-refractivity contribution in [2.24, 2.45) is 4.99 Å². The summed E-state index contributed by atoms with van der Waals surface area (Å²) in [5, 5.41) is 11.6. The number of nitrogens with one attached hydrogen (secondary N) is 1. The minimum Gasteiger partial charge on any atom is -0.357 e. The maximum atomic E-state index is 12.9. The van der Waals surface area contributed by atoms with Crippen LogP contribution in [0.1, 0.15) is 26.1 Å². The maximum Gasteiger partial charge on any atom is 0.403 e. The Kier molecular flexibility index (Phi) is 9.13. The van der Waals surface area contributed by atoms with Crippen molar-refractivity contribution in [3.8, 4) is 0 Å². The first kappa shape index (κ1) is 24.6. The Labute approximate surface area is 191 Å². The van der Waals surface area contributed by atoms with Gasteiger partial charge in [-0.1, -0.05) is 6.07 Å². The number of hydrogen-bond acceptors (Lipinski definition) is 4. The smallest absolute Gasteiger partial charge is 0.357 e. The van der Waals surface area contributed by atoms with Crippen molar-refractivity contribution in [1.82, 2.24) is 29.7 Å². The Morgan fingerprint density at radius 2 is 1.93 bits per heavy atom. The number of hydrogen-bond donors (Lipinski definition) is 1. The lowest BCUT2D eigenvalue weighted by Gasteiger charge is -2.39. The minimum atomic E-state index is -4.19. The number of fused-ring (bicyclic) bond motifs is 1. The van der Waals surface area contributed by atoms with E-state index < -0.39 is 12.2 Å². The van der Waals surface area contributed by atoms with E-state index in [0.717, 1.165) is 30.3 Å². The Bertz CT molecular complexity index is 816. The first-order valence-corrected chi connectivity index (χ1v) is 10.0. The molecule has 1 unspecified atom stereocenters. The Hall–Kier alpha value is -1.63. The molecule has 0 bridgehead atoms. The van der Waals surface area contributed by atoms with Gasteiger partial charge in [-0.2, -0.15) is 13.2 Å². The monoisotopic (exact) mass is 539 g/mol. The number of aliphatic imine (C=N–C) groups is 1. The van der Waals surface area contributed by atoms with Gasteiger partial charge < -0.3 is 10.2 Å². The number of pyridine rings is 1. The van der Waals surface area contributed by atoms with Gasteiger partial charge in [-0.05, 0) is 32.4 Å². The van der Waals surface area contributed by atoms with Crippen LogP contribution in [-0.2, 0) is 6.42 Å². The average molecular weight is 539 g/mol. The summed E-state index contributed by atoms with van der Waals surface area (Å²) in [6.45, 7) is 6.34. The minimum absolute atomic E-state index is 0. The van der Waals surface area contributed by atoms with Gasteiger partial charge in [0, 0.05) is 51.9 Å². The van der Waals surface area contributed by atoms with Gasteiger partial charge in [0.2, 0.25) is 0 Å². The van der Waals surface area contributed by atoms with Crippen molar-refractivity contribution in [2.75, 3.05) is 39.3 Å². The molecular formula is C19H29F3IN7. The van der Waals surface area contributed by atoms with E-state index in [1.165, 1.54) is 11.8 Å². The molecule has 0 aromatic carbocycles. The third kappa shape index (κ3) is 6.19. The number of halogens is 4. The number of nitrogens with zero attached hydrogens (tertiary/aromatic N) is 6. The van der Waals surface area contributed by atoms with Gasteiger partial charge in [0.25, 0.3) is 0 Å². The molecule has 2 aromatic heterocycles. The fraction of sp³-hybridized carbons (Fsp3) is 0.632. The number of alkyl halides is 3. The number of rotatable bonds is 6. The lowest BCUT2D eigenvalue weighted by molar-refractivity contribution is -0.181. The second-order valence-electron chi connectivity index (χ2n) is 7.12. The number of piperazine rings is 1. The van der Waals surface area contributed by atoms with Crippen LogP contribution in [0.25, 0.3) is 5.65 Å². The van der Waals surface area contributed by atoms with Gasteiger partial charge in [0.05, 0.1) is 0 Å². The molecule has 1 saturated heterocycles. The Morgan fingerprint density at radius 3 is 2.60 bits per heavy atom. The molecule has 1 N–H and O–H groups in total. The Morgan fingerprint density at radius 1 is 1.20 bits per heavy atom. The molecule has 3 rings (SSSR count). The molecule has 168 valence electrons. The van der Waals surface area contributed by atoms with E-state index >= 15 is 0 Å². The number of aromatic nitrogens is 3. The lowest BCUT2D eigenvalue weighted by atomic mass is 10.2. The topological polar surface area (TPSA) is 61.1 Å². The molecule has 1 fully saturated rings. The molecule has 2 aromatic rings. The normalized spacial score (nSPS) is 17.1. The first-order chi connectivity index (χ1) is 13.9. The van der Waals surface area contributed by atoms with Crippen molar-refractivity contribution in [1.29, 1.82) is 0 Å². The van der Waals surface area contributed by atoms with Crippen molar-refractivity contribution in [3.63, 3.8) is 0 Å². The molecule has 0 amide bonds. The summed E-state index contributed by atoms with van der Waals surface area (Å²) < 4.78 is 40.7. The molecule has 3 heterocycles. The Balaban J connectivity index is 0.00000320. The van der Waals surface area contributed by atoms with Crippen LogP contribution >= 0.6 is 24.0 Å². The van der Waals surface area contributed by atoms with E-state index in [4.69, 9.17) is 0 Å². The van der Waals surface area contributed by atoms with Gasteiger partial charge in [0.1, 0.15) is 11.9 Å². The van der Waals surface area contributed by atoms with Crippen LogP contribution in [0.5, 0.6) is 0 Å². The highest BCUT2D eigenvalue weighted by molar-refractivity contribution is 14.0. The van der Waals surface area contributed by atoms with Crippen LogP contribution in [0.15, 0.2) is 29.4 Å². The van der Waals surface area contributed by atoms with E-state index in [0.29, 0.717) is 39.3 Å². The van der Waals surface area contributed by atoms with Crippen LogP contribution in [0.3, 0.4) is 0 Å². The zero-order valence-electron chi connectivity index (χ0n) is 17.3. The highest BCUT2D eigenvalue weighted by atomic mass is 127. The zero-order valence-corrected chi connectivity index (χ0v) is 19.6. The highest BCUT2D eigenvalue weighted by Crippen LogP contribution is 2.25. The predicted octanol–water partition coefficient (Wildman–Crippen LogP) is 2.81. The molecule has 0 aliphatic carbocycles. The molecular weight excluding hydrogens is 510 g/mol. The van der Waals surface area contributed by atoms with Crippen molar-refractivity contribution in [3.05, 3.63) is 30.2 Å². The first-order valence-electron chi connectivity index (χ1n) is 10.0. The van der Waals surface area contributed by atoms with Crippen LogP contribution < -0.4 is 5.32 Å². The fourth-order valence-electron chi connectivity index (χ4n) is 3.44. The molecule has 11 heteroatoms. The van der Waals surface area contributed by atoms with E-state index in [-0.39, 0.29) is 24.0 Å². The average Bonchev–Trinajstić information content (AvgIpc) is 3.12. The molecule has 0 saturated carbocycles. The van der Waals surface area contributed by atoms with E-state index in [9.17, 15) is 13.2 Å². The largest absolute Gasteiger partial charge is 0.403 e. The summed E-state index contributed by atoms with van der Waals surface area (Å²) in [5.41, 5.74) is 0.824. The fourth-order valence-corrected chi connectivity index (χ4v) is 3.44. The summed E-state index contributed by atoms with van der Waals surface area (Å²) in [4.78, 5) is 8.19. The molecule has 0 radical (unpaired) electrons. The van der Waals surface area contributed by atoms with Crippen LogP contribution in [0.2, 0.25) is 0 Å². The summed E-state index contributed by atoms with van der Waals surface area (Å²) in [7, 11) is 0. The second kappa shape index (κ2) is 11.1. The number of guanidine groups is 1. The van der Waals surface area contributed by atoms with Crippen molar-refractivity contribution in [2.45, 2.75) is 38.9 Å². The molecule has 7 nitrogen and oxygen atoms in total. The van der Waals surface area contributed by atoms with Crippen molar-refractivity contribution < 1.29 is 13.2 Å². The maximum absolute atomic E-state index is 12.9. The lowest BCUT2D eigenvalue weighted by Crippen LogP contribution is -2.56. The van der Waals surface area contributed by atoms with Crippen molar-refractivity contribution >= 4 is 35.6 Å². The molecule has 30 heavy (non-hydrogen) atoms. The van der Waals surface area contributed by atoms with E-state index in [1.54, 1.807) is 0 Å². The number of aryl methyl sites for hydroxylation is 1. The summed E-state index contributed by atoms with van der Waals surface area (Å²) in [6.07, 6.45) is -0.674. The molecule has 1 atom stereocenters. The quantitative estimate of drug-likeness (QED) is 0.265. The second-order valence-corrected chi connectivity index (χ2v) is 7.12. The van der Waals surface area contributed by atoms with Gasteiger partial charge in [0.15, 0.2) is 11.6 Å². The molecule has 1 aliphatic heterocycles. The molecule has 1 aliphatic rings. The third-order valence-electron chi connectivity index (χ3n) is 5.17. The summed E-state index contributed by atoms with van der Waals surface area (Å²) in [5.74, 6) is 1.66. The zero-order chi connectivity index (χ0) is 20.9. The SMILES string of the molecule is CCNC(=NCCCc1nnc2ccccn12)N1CCN(C(C)C(F)(F)F)CC1.I. The van der Waals surface area contributed by atoms with Crippen LogP contribution in [0.4, 0.5) is 13.2 Å². The van der Waals surface area contributed by atoms with Crippen LogP contribution in [-0.4, -0.2) is 81.8 Å². The predicted molar refractivity (Wildman–Crippen MR) is 121 cm³/mol. The van der Waals surface area contributed by atoms with Gasteiger partial charge >= 0.3 is 6.18 Å². The van der Waals surface area contributed by atoms with E-state index in [1.807, 2.05) is 40.6 Å². The highest BCUT2D eigenvalue weighted by Gasteiger charge is 2.41. The van der Waals surface area contributed by atoms with Gasteiger partial charge in [-0.3, -0.25) is 14.3 Å². The van der Waals surface area contributed by atoms with Crippen LogP contribution in [0, 0.1) is 0 Å². The third-order valence-corrected chi connectivity index (χ3v) is 5.17. The summed E-state index contributed by atoms with van der Waals surface area (Å²) in [6, 6.07) is 4.37. The van der Waals surface area contributed by atoms with Gasteiger partial charge in [-0.25, -0.2) is 0 Å². The van der Waals surface area contributed by atoms with Gasteiger partial charge in [-0.15, -0.1) is 34.2 Å². The summed E-state index contributed by atoms with van der Waals surface area (Å²) >= 11 is 0.